The van der Waals surface area contributed by atoms with Gasteiger partial charge in [0.25, 0.3) is 0 Å². The summed E-state index contributed by atoms with van der Waals surface area (Å²) >= 11 is 0. The van der Waals surface area contributed by atoms with Gasteiger partial charge in [0, 0.05) is 31.6 Å². The molecule has 1 unspecified atom stereocenters. The number of likely N-dealkylation sites (N-methyl/N-ethyl adjacent to an activating group) is 1. The van der Waals surface area contributed by atoms with Crippen LogP contribution in [0.4, 0.5) is 0 Å². The van der Waals surface area contributed by atoms with Gasteiger partial charge in [0.2, 0.25) is 5.91 Å². The highest BCUT2D eigenvalue weighted by atomic mass is 16.5. The van der Waals surface area contributed by atoms with Crippen molar-refractivity contribution in [2.45, 2.75) is 25.3 Å². The van der Waals surface area contributed by atoms with Crippen LogP contribution in [0.5, 0.6) is 5.75 Å². The van der Waals surface area contributed by atoms with Crippen molar-refractivity contribution in [2.75, 3.05) is 26.7 Å². The normalized spacial score (nSPS) is 21.4. The summed E-state index contributed by atoms with van der Waals surface area (Å²) in [6.07, 6.45) is 6.77. The number of ether oxygens (including phenoxy) is 1. The van der Waals surface area contributed by atoms with Gasteiger partial charge in [-0.3, -0.25) is 4.79 Å². The number of hydrogen-bond acceptors (Lipinski definition) is 3. The topological polar surface area (TPSA) is 41.6 Å². The molecule has 0 radical (unpaired) electrons. The third-order valence-electron chi connectivity index (χ3n) is 4.27. The Bertz CT molecular complexity index is 554. The first-order chi connectivity index (χ1) is 10.3. The maximum absolute atomic E-state index is 12.3. The average molecular weight is 286 g/mol. The molecule has 1 atom stereocenters. The molecular weight excluding hydrogens is 264 g/mol. The molecule has 1 fully saturated rings. The second-order valence-corrected chi connectivity index (χ2v) is 5.71. The van der Waals surface area contributed by atoms with Crippen molar-refractivity contribution in [1.82, 2.24) is 10.2 Å². The molecule has 1 amide bonds. The zero-order valence-electron chi connectivity index (χ0n) is 12.5. The van der Waals surface area contributed by atoms with E-state index in [9.17, 15) is 4.79 Å². The van der Waals surface area contributed by atoms with Crippen molar-refractivity contribution in [1.29, 1.82) is 0 Å². The molecule has 0 aliphatic carbocycles. The molecule has 2 aliphatic rings. The number of amides is 1. The van der Waals surface area contributed by atoms with Crippen LogP contribution in [0.25, 0.3) is 6.08 Å². The van der Waals surface area contributed by atoms with Gasteiger partial charge in [0.05, 0.1) is 6.61 Å². The van der Waals surface area contributed by atoms with Crippen LogP contribution in [0.1, 0.15) is 24.0 Å². The van der Waals surface area contributed by atoms with E-state index in [0.717, 1.165) is 50.3 Å². The van der Waals surface area contributed by atoms with E-state index >= 15 is 0 Å². The van der Waals surface area contributed by atoms with Gasteiger partial charge in [0.15, 0.2) is 0 Å². The maximum Gasteiger partial charge on any atom is 0.246 e. The first kappa shape index (κ1) is 14.1. The SMILES string of the molecule is CNC1CCCN(C(=O)C=Cc2ccc3c(c2)CCO3)C1. The Morgan fingerprint density at radius 2 is 2.38 bits per heavy atom. The molecule has 1 aromatic carbocycles. The van der Waals surface area contributed by atoms with Crippen LogP contribution >= 0.6 is 0 Å². The van der Waals surface area contributed by atoms with Gasteiger partial charge in [0.1, 0.15) is 5.75 Å². The van der Waals surface area contributed by atoms with Crippen LogP contribution in [-0.2, 0) is 11.2 Å². The quantitative estimate of drug-likeness (QED) is 0.862. The minimum Gasteiger partial charge on any atom is -0.493 e. The van der Waals surface area contributed by atoms with E-state index in [0.29, 0.717) is 6.04 Å². The van der Waals surface area contributed by atoms with Crippen molar-refractivity contribution in [3.63, 3.8) is 0 Å². The zero-order chi connectivity index (χ0) is 14.7. The summed E-state index contributed by atoms with van der Waals surface area (Å²) < 4.78 is 5.49. The zero-order valence-corrected chi connectivity index (χ0v) is 12.5. The molecule has 2 heterocycles. The highest BCUT2D eigenvalue weighted by Crippen LogP contribution is 2.26. The summed E-state index contributed by atoms with van der Waals surface area (Å²) in [5.74, 6) is 1.08. The van der Waals surface area contributed by atoms with E-state index < -0.39 is 0 Å². The molecule has 0 aromatic heterocycles. The fourth-order valence-corrected chi connectivity index (χ4v) is 3.00. The van der Waals surface area contributed by atoms with E-state index in [4.69, 9.17) is 4.74 Å². The van der Waals surface area contributed by atoms with E-state index in [1.807, 2.05) is 30.2 Å². The molecule has 0 bridgehead atoms. The first-order valence-electron chi connectivity index (χ1n) is 7.66. The number of nitrogens with zero attached hydrogens (tertiary/aromatic N) is 1. The van der Waals surface area contributed by atoms with Gasteiger partial charge < -0.3 is 15.0 Å². The number of carbonyl (C=O) groups excluding carboxylic acids is 1. The van der Waals surface area contributed by atoms with E-state index in [1.165, 1.54) is 5.56 Å². The number of rotatable bonds is 3. The number of nitrogens with one attached hydrogen (secondary N) is 1. The minimum absolute atomic E-state index is 0.103. The first-order valence-corrected chi connectivity index (χ1v) is 7.66. The Kier molecular flexibility index (Phi) is 4.25. The number of fused-ring (bicyclic) bond motifs is 1. The number of benzene rings is 1. The second kappa shape index (κ2) is 6.31. The lowest BCUT2D eigenvalue weighted by molar-refractivity contribution is -0.127. The monoisotopic (exact) mass is 286 g/mol. The predicted molar refractivity (Wildman–Crippen MR) is 83.3 cm³/mol. The Labute approximate surface area is 125 Å². The van der Waals surface area contributed by atoms with Crippen molar-refractivity contribution in [2.24, 2.45) is 0 Å². The number of carbonyl (C=O) groups is 1. The lowest BCUT2D eigenvalue weighted by Gasteiger charge is -2.31. The lowest BCUT2D eigenvalue weighted by Crippen LogP contribution is -2.46. The van der Waals surface area contributed by atoms with Gasteiger partial charge in [-0.25, -0.2) is 0 Å². The number of piperidine rings is 1. The summed E-state index contributed by atoms with van der Waals surface area (Å²) in [7, 11) is 1.96. The Balaban J connectivity index is 1.64. The lowest BCUT2D eigenvalue weighted by atomic mass is 10.1. The standard InChI is InChI=1S/C17H22N2O2/c1-18-15-3-2-9-19(12-15)17(20)7-5-13-4-6-16-14(11-13)8-10-21-16/h4-7,11,15,18H,2-3,8-10,12H2,1H3. The van der Waals surface area contributed by atoms with Crippen LogP contribution in [0.3, 0.4) is 0 Å². The largest absolute Gasteiger partial charge is 0.493 e. The minimum atomic E-state index is 0.103. The molecule has 4 heteroatoms. The van der Waals surface area contributed by atoms with Crippen molar-refractivity contribution >= 4 is 12.0 Å². The third kappa shape index (κ3) is 3.27. The van der Waals surface area contributed by atoms with E-state index in [-0.39, 0.29) is 5.91 Å². The van der Waals surface area contributed by atoms with Gasteiger partial charge in [-0.05, 0) is 49.2 Å². The fraction of sp³-hybridized carbons (Fsp3) is 0.471. The van der Waals surface area contributed by atoms with Gasteiger partial charge in [-0.1, -0.05) is 6.07 Å². The molecule has 2 aliphatic heterocycles. The van der Waals surface area contributed by atoms with Gasteiger partial charge in [-0.2, -0.15) is 0 Å². The molecule has 3 rings (SSSR count). The van der Waals surface area contributed by atoms with Crippen LogP contribution < -0.4 is 10.1 Å². The van der Waals surface area contributed by atoms with Crippen LogP contribution in [0.2, 0.25) is 0 Å². The smallest absolute Gasteiger partial charge is 0.246 e. The van der Waals surface area contributed by atoms with Crippen LogP contribution in [0.15, 0.2) is 24.3 Å². The van der Waals surface area contributed by atoms with E-state index in [2.05, 4.69) is 11.4 Å². The Hall–Kier alpha value is -1.81. The van der Waals surface area contributed by atoms with Crippen molar-refractivity contribution in [3.8, 4) is 5.75 Å². The molecule has 0 saturated carbocycles. The predicted octanol–water partition coefficient (Wildman–Crippen LogP) is 1.85. The maximum atomic E-state index is 12.3. The molecule has 0 spiro atoms. The summed E-state index contributed by atoms with van der Waals surface area (Å²) in [4.78, 5) is 14.2. The number of likely N-dealkylation sites (tertiary alicyclic amines) is 1. The van der Waals surface area contributed by atoms with Gasteiger partial charge in [-0.15, -0.1) is 0 Å². The number of hydrogen-bond donors (Lipinski definition) is 1. The van der Waals surface area contributed by atoms with E-state index in [1.54, 1.807) is 6.08 Å². The fourth-order valence-electron chi connectivity index (χ4n) is 3.00. The van der Waals surface area contributed by atoms with Gasteiger partial charge >= 0.3 is 0 Å². The molecule has 1 aromatic rings. The molecule has 1 N–H and O–H groups in total. The Morgan fingerprint density at radius 1 is 1.48 bits per heavy atom. The summed E-state index contributed by atoms with van der Waals surface area (Å²) in [5, 5.41) is 3.26. The van der Waals surface area contributed by atoms with Crippen LogP contribution in [-0.4, -0.2) is 43.6 Å². The highest BCUT2D eigenvalue weighted by Gasteiger charge is 2.20. The van der Waals surface area contributed by atoms with Crippen molar-refractivity contribution in [3.05, 3.63) is 35.4 Å². The second-order valence-electron chi connectivity index (χ2n) is 5.71. The molecule has 1 saturated heterocycles. The molecular formula is C17H22N2O2. The summed E-state index contributed by atoms with van der Waals surface area (Å²) in [5.41, 5.74) is 2.30. The molecule has 112 valence electrons. The molecule has 4 nitrogen and oxygen atoms in total. The van der Waals surface area contributed by atoms with Crippen LogP contribution in [0, 0.1) is 0 Å². The molecule has 21 heavy (non-hydrogen) atoms. The Morgan fingerprint density at radius 3 is 3.24 bits per heavy atom. The third-order valence-corrected chi connectivity index (χ3v) is 4.27. The summed E-state index contributed by atoms with van der Waals surface area (Å²) in [6, 6.07) is 6.53. The average Bonchev–Trinajstić information content (AvgIpc) is 3.00. The highest BCUT2D eigenvalue weighted by molar-refractivity contribution is 5.91. The summed E-state index contributed by atoms with van der Waals surface area (Å²) in [6.45, 7) is 2.43. The van der Waals surface area contributed by atoms with Crippen molar-refractivity contribution < 1.29 is 9.53 Å².